The summed E-state index contributed by atoms with van der Waals surface area (Å²) in [5.74, 6) is -0.0942. The third-order valence-electron chi connectivity index (χ3n) is 6.00. The molecule has 2 aromatic carbocycles. The monoisotopic (exact) mass is 512 g/mol. The Bertz CT molecular complexity index is 1550. The first kappa shape index (κ1) is 25.0. The Morgan fingerprint density at radius 3 is 2.47 bits per heavy atom. The first-order valence-electron chi connectivity index (χ1n) is 11.9. The fourth-order valence-corrected chi connectivity index (χ4v) is 4.08. The highest BCUT2D eigenvalue weighted by molar-refractivity contribution is 5.96. The molecule has 1 amide bonds. The van der Waals surface area contributed by atoms with Crippen LogP contribution < -0.4 is 5.73 Å². The number of rotatable bonds is 8. The molecule has 0 aliphatic carbocycles. The summed E-state index contributed by atoms with van der Waals surface area (Å²) in [4.78, 5) is 23.0. The number of aromatic nitrogens is 4. The van der Waals surface area contributed by atoms with E-state index in [0.29, 0.717) is 29.0 Å². The van der Waals surface area contributed by atoms with Gasteiger partial charge in [-0.1, -0.05) is 30.3 Å². The minimum absolute atomic E-state index is 0.0141. The summed E-state index contributed by atoms with van der Waals surface area (Å²) in [5, 5.41) is 8.41. The van der Waals surface area contributed by atoms with E-state index >= 15 is 0 Å². The minimum atomic E-state index is -0.918. The molecule has 5 aromatic rings. The first-order chi connectivity index (χ1) is 18.3. The van der Waals surface area contributed by atoms with E-state index in [1.807, 2.05) is 37.3 Å². The average Bonchev–Trinajstić information content (AvgIpc) is 3.63. The van der Waals surface area contributed by atoms with Crippen molar-refractivity contribution in [3.63, 3.8) is 0 Å². The van der Waals surface area contributed by atoms with Gasteiger partial charge in [-0.05, 0) is 49.2 Å². The molecular weight excluding hydrogens is 487 g/mol. The molecule has 0 radical (unpaired) electrons. The molecule has 5 rings (SSSR count). The molecular formula is C28H25FN6O3. The lowest BCUT2D eigenvalue weighted by molar-refractivity contribution is 0.0782. The van der Waals surface area contributed by atoms with Crippen molar-refractivity contribution in [2.24, 2.45) is 5.73 Å². The highest BCUT2D eigenvalue weighted by Crippen LogP contribution is 2.30. The third-order valence-corrected chi connectivity index (χ3v) is 6.00. The standard InChI is InChI=1S/C28H25FN6O3/c1-28(30,16-18-7-4-3-5-8-18)27-34-33-25(38-27)20-13-19(24-32-11-12-37-24)14-21(15-20)26(36)35(2)17-23-22(29)9-6-10-31-23/h3-15H,16-17,30H2,1-2H3/t28-/m1/s1. The summed E-state index contributed by atoms with van der Waals surface area (Å²) < 4.78 is 25.6. The van der Waals surface area contributed by atoms with Gasteiger partial charge in [0.1, 0.15) is 12.1 Å². The van der Waals surface area contributed by atoms with Crippen LogP contribution in [-0.4, -0.2) is 38.0 Å². The smallest absolute Gasteiger partial charge is 0.253 e. The van der Waals surface area contributed by atoms with Gasteiger partial charge in [0, 0.05) is 29.9 Å². The Hall–Kier alpha value is -4.70. The second-order valence-corrected chi connectivity index (χ2v) is 9.22. The Morgan fingerprint density at radius 1 is 1.00 bits per heavy atom. The highest BCUT2D eigenvalue weighted by Gasteiger charge is 2.29. The molecule has 0 fully saturated rings. The third kappa shape index (κ3) is 5.35. The lowest BCUT2D eigenvalue weighted by atomic mass is 9.94. The van der Waals surface area contributed by atoms with Crippen molar-refractivity contribution < 1.29 is 18.0 Å². The number of nitrogens with two attached hydrogens (primary N) is 1. The van der Waals surface area contributed by atoms with Gasteiger partial charge in [0.25, 0.3) is 5.91 Å². The predicted octanol–water partition coefficient (Wildman–Crippen LogP) is 4.61. The molecule has 0 aliphatic heterocycles. The first-order valence-corrected chi connectivity index (χ1v) is 11.9. The zero-order chi connectivity index (χ0) is 26.7. The van der Waals surface area contributed by atoms with E-state index in [-0.39, 0.29) is 29.9 Å². The van der Waals surface area contributed by atoms with Gasteiger partial charge in [0.05, 0.1) is 24.0 Å². The van der Waals surface area contributed by atoms with Crippen LogP contribution >= 0.6 is 0 Å². The Balaban J connectivity index is 1.47. The summed E-state index contributed by atoms with van der Waals surface area (Å²) >= 11 is 0. The topological polar surface area (TPSA) is 124 Å². The maximum Gasteiger partial charge on any atom is 0.253 e. The van der Waals surface area contributed by atoms with Crippen molar-refractivity contribution in [3.05, 3.63) is 108 Å². The summed E-state index contributed by atoms with van der Waals surface area (Å²) in [6.07, 6.45) is 4.92. The van der Waals surface area contributed by atoms with Crippen LogP contribution in [0.15, 0.2) is 88.2 Å². The molecule has 1 atom stereocenters. The van der Waals surface area contributed by atoms with E-state index in [0.717, 1.165) is 5.56 Å². The van der Waals surface area contributed by atoms with Gasteiger partial charge in [-0.2, -0.15) is 0 Å². The number of halogens is 1. The quantitative estimate of drug-likeness (QED) is 0.320. The van der Waals surface area contributed by atoms with E-state index < -0.39 is 11.4 Å². The van der Waals surface area contributed by atoms with Crippen LogP contribution in [0.5, 0.6) is 0 Å². The van der Waals surface area contributed by atoms with Crippen LogP contribution in [0.4, 0.5) is 4.39 Å². The SMILES string of the molecule is CN(Cc1ncccc1F)C(=O)c1cc(-c2ncco2)cc(-c2nnc([C@](C)(N)Cc3ccccc3)o2)c1. The molecule has 192 valence electrons. The molecule has 10 heteroatoms. The van der Waals surface area contributed by atoms with Gasteiger partial charge in [0.2, 0.25) is 17.7 Å². The molecule has 0 saturated heterocycles. The zero-order valence-electron chi connectivity index (χ0n) is 20.8. The van der Waals surface area contributed by atoms with Gasteiger partial charge >= 0.3 is 0 Å². The van der Waals surface area contributed by atoms with Crippen LogP contribution in [0, 0.1) is 5.82 Å². The second-order valence-electron chi connectivity index (χ2n) is 9.22. The fourth-order valence-electron chi connectivity index (χ4n) is 4.08. The molecule has 0 aliphatic rings. The van der Waals surface area contributed by atoms with Crippen LogP contribution in [0.3, 0.4) is 0 Å². The molecule has 3 aromatic heterocycles. The largest absolute Gasteiger partial charge is 0.445 e. The van der Waals surface area contributed by atoms with Gasteiger partial charge in [-0.25, -0.2) is 9.37 Å². The summed E-state index contributed by atoms with van der Waals surface area (Å²) in [6, 6.07) is 17.6. The molecule has 2 N–H and O–H groups in total. The Kier molecular flexibility index (Phi) is 6.80. The van der Waals surface area contributed by atoms with E-state index in [9.17, 15) is 9.18 Å². The fraction of sp³-hybridized carbons (Fsp3) is 0.179. The number of nitrogens with zero attached hydrogens (tertiary/aromatic N) is 5. The van der Waals surface area contributed by atoms with Crippen molar-refractivity contribution in [3.8, 4) is 22.9 Å². The van der Waals surface area contributed by atoms with Gasteiger partial charge in [-0.3, -0.25) is 9.78 Å². The number of carbonyl (C=O) groups excluding carboxylic acids is 1. The van der Waals surface area contributed by atoms with Crippen molar-refractivity contribution >= 4 is 5.91 Å². The number of benzene rings is 2. The van der Waals surface area contributed by atoms with Crippen molar-refractivity contribution in [2.45, 2.75) is 25.4 Å². The molecule has 0 unspecified atom stereocenters. The summed E-state index contributed by atoms with van der Waals surface area (Å²) in [5.41, 5.74) is 8.14. The van der Waals surface area contributed by atoms with Crippen LogP contribution in [-0.2, 0) is 18.5 Å². The maximum atomic E-state index is 14.1. The molecule has 0 spiro atoms. The maximum absolute atomic E-state index is 14.1. The lowest BCUT2D eigenvalue weighted by Crippen LogP contribution is -2.35. The van der Waals surface area contributed by atoms with E-state index in [4.69, 9.17) is 14.6 Å². The van der Waals surface area contributed by atoms with Crippen LogP contribution in [0.2, 0.25) is 0 Å². The van der Waals surface area contributed by atoms with Gasteiger partial charge in [0.15, 0.2) is 0 Å². The van der Waals surface area contributed by atoms with Crippen LogP contribution in [0.1, 0.15) is 34.4 Å². The number of pyridine rings is 1. The predicted molar refractivity (Wildman–Crippen MR) is 137 cm³/mol. The number of carbonyl (C=O) groups is 1. The number of hydrogen-bond acceptors (Lipinski definition) is 8. The summed E-state index contributed by atoms with van der Waals surface area (Å²) in [6.45, 7) is 1.81. The number of hydrogen-bond donors (Lipinski definition) is 1. The molecule has 0 bridgehead atoms. The normalized spacial score (nSPS) is 12.7. The number of amides is 1. The summed E-state index contributed by atoms with van der Waals surface area (Å²) in [7, 11) is 1.57. The van der Waals surface area contributed by atoms with Gasteiger partial charge in [-0.15, -0.1) is 10.2 Å². The minimum Gasteiger partial charge on any atom is -0.445 e. The zero-order valence-corrected chi connectivity index (χ0v) is 20.8. The molecule has 0 saturated carbocycles. The van der Waals surface area contributed by atoms with Gasteiger partial charge < -0.3 is 19.5 Å². The second kappa shape index (κ2) is 10.3. The van der Waals surface area contributed by atoms with E-state index in [1.54, 1.807) is 25.2 Å². The Labute approximate surface area is 218 Å². The molecule has 38 heavy (non-hydrogen) atoms. The average molecular weight is 513 g/mol. The highest BCUT2D eigenvalue weighted by atomic mass is 19.1. The van der Waals surface area contributed by atoms with Crippen molar-refractivity contribution in [1.82, 2.24) is 25.1 Å². The van der Waals surface area contributed by atoms with Crippen molar-refractivity contribution in [2.75, 3.05) is 7.05 Å². The van der Waals surface area contributed by atoms with Crippen LogP contribution in [0.25, 0.3) is 22.9 Å². The Morgan fingerprint density at radius 2 is 1.76 bits per heavy atom. The molecule has 3 heterocycles. The number of oxazole rings is 1. The van der Waals surface area contributed by atoms with Crippen molar-refractivity contribution in [1.29, 1.82) is 0 Å². The lowest BCUT2D eigenvalue weighted by Gasteiger charge is -2.20. The van der Waals surface area contributed by atoms with E-state index in [2.05, 4.69) is 20.2 Å². The molecule has 9 nitrogen and oxygen atoms in total. The van der Waals surface area contributed by atoms with E-state index in [1.165, 1.54) is 35.7 Å².